The third-order valence-corrected chi connectivity index (χ3v) is 7.02. The van der Waals surface area contributed by atoms with E-state index in [1.807, 2.05) is 53.4 Å². The van der Waals surface area contributed by atoms with Gasteiger partial charge in [-0.25, -0.2) is 0 Å². The van der Waals surface area contributed by atoms with Gasteiger partial charge in [-0.2, -0.15) is 0 Å². The van der Waals surface area contributed by atoms with Crippen molar-refractivity contribution in [1.29, 1.82) is 0 Å². The molecule has 0 N–H and O–H groups in total. The van der Waals surface area contributed by atoms with E-state index in [-0.39, 0.29) is 12.7 Å². The maximum absolute atomic E-state index is 13.0. The van der Waals surface area contributed by atoms with E-state index in [0.29, 0.717) is 24.1 Å². The standard InChI is InChI=1S/C25H28N4O3S/c1-17-10-18(2)13-28(12-17)23(30)15-33-25-27-26-24(20-6-4-3-5-7-20)29(25)14-19-8-9-21-22(11-19)32-16-31-21/h3-9,11,17-18H,10,12-16H2,1-2H3. The van der Waals surface area contributed by atoms with Crippen molar-refractivity contribution >= 4 is 17.7 Å². The van der Waals surface area contributed by atoms with E-state index in [1.165, 1.54) is 18.2 Å². The minimum absolute atomic E-state index is 0.164. The number of thioether (sulfide) groups is 1. The highest BCUT2D eigenvalue weighted by atomic mass is 32.2. The number of likely N-dealkylation sites (tertiary alicyclic amines) is 1. The van der Waals surface area contributed by atoms with Crippen molar-refractivity contribution in [2.24, 2.45) is 11.8 Å². The molecule has 0 aliphatic carbocycles. The first-order chi connectivity index (χ1) is 16.1. The maximum atomic E-state index is 13.0. The van der Waals surface area contributed by atoms with Crippen molar-refractivity contribution in [3.05, 3.63) is 54.1 Å². The number of amides is 1. The van der Waals surface area contributed by atoms with E-state index in [4.69, 9.17) is 9.47 Å². The van der Waals surface area contributed by atoms with Gasteiger partial charge >= 0.3 is 0 Å². The Morgan fingerprint density at radius 2 is 1.79 bits per heavy atom. The number of hydrogen-bond acceptors (Lipinski definition) is 6. The van der Waals surface area contributed by atoms with Crippen LogP contribution in [0.1, 0.15) is 25.8 Å². The Bertz CT molecular complexity index is 1120. The molecule has 0 saturated carbocycles. The third-order valence-electron chi connectivity index (χ3n) is 6.07. The minimum atomic E-state index is 0.164. The van der Waals surface area contributed by atoms with Gasteiger partial charge in [0.1, 0.15) is 0 Å². The summed E-state index contributed by atoms with van der Waals surface area (Å²) in [7, 11) is 0. The van der Waals surface area contributed by atoms with Crippen molar-refractivity contribution in [2.75, 3.05) is 25.6 Å². The first-order valence-corrected chi connectivity index (χ1v) is 12.3. The van der Waals surface area contributed by atoms with Gasteiger partial charge in [-0.1, -0.05) is 62.0 Å². The molecule has 2 aliphatic rings. The highest BCUT2D eigenvalue weighted by molar-refractivity contribution is 7.99. The molecule has 33 heavy (non-hydrogen) atoms. The summed E-state index contributed by atoms with van der Waals surface area (Å²) in [5.74, 6) is 3.90. The average molecular weight is 465 g/mol. The van der Waals surface area contributed by atoms with E-state index in [0.717, 1.165) is 46.7 Å². The lowest BCUT2D eigenvalue weighted by molar-refractivity contribution is -0.130. The van der Waals surface area contributed by atoms with E-state index < -0.39 is 0 Å². The summed E-state index contributed by atoms with van der Waals surface area (Å²) in [6.45, 7) is 6.93. The number of fused-ring (bicyclic) bond motifs is 1. The molecule has 1 amide bonds. The number of carbonyl (C=O) groups is 1. The Balaban J connectivity index is 1.38. The zero-order chi connectivity index (χ0) is 22.8. The molecule has 5 rings (SSSR count). The second kappa shape index (κ2) is 9.47. The van der Waals surface area contributed by atoms with Crippen molar-refractivity contribution in [1.82, 2.24) is 19.7 Å². The van der Waals surface area contributed by atoms with Crippen molar-refractivity contribution in [3.8, 4) is 22.9 Å². The molecule has 0 bridgehead atoms. The molecule has 172 valence electrons. The van der Waals surface area contributed by atoms with Gasteiger partial charge in [-0.15, -0.1) is 10.2 Å². The molecular formula is C25H28N4O3S. The van der Waals surface area contributed by atoms with Gasteiger partial charge in [-0.3, -0.25) is 9.36 Å². The van der Waals surface area contributed by atoms with E-state index in [1.54, 1.807) is 0 Å². The molecule has 0 radical (unpaired) electrons. The number of nitrogens with zero attached hydrogens (tertiary/aromatic N) is 4. The monoisotopic (exact) mass is 464 g/mol. The van der Waals surface area contributed by atoms with Gasteiger partial charge in [0.25, 0.3) is 0 Å². The number of rotatable bonds is 6. The van der Waals surface area contributed by atoms with Crippen LogP contribution >= 0.6 is 11.8 Å². The topological polar surface area (TPSA) is 69.5 Å². The van der Waals surface area contributed by atoms with Crippen LogP contribution in [0.2, 0.25) is 0 Å². The number of benzene rings is 2. The highest BCUT2D eigenvalue weighted by Crippen LogP contribution is 2.34. The first-order valence-electron chi connectivity index (χ1n) is 11.3. The summed E-state index contributed by atoms with van der Waals surface area (Å²) in [5, 5.41) is 9.67. The average Bonchev–Trinajstić information content (AvgIpc) is 3.44. The Hall–Kier alpha value is -3.00. The summed E-state index contributed by atoms with van der Waals surface area (Å²) in [6, 6.07) is 16.0. The summed E-state index contributed by atoms with van der Waals surface area (Å²) >= 11 is 1.45. The summed E-state index contributed by atoms with van der Waals surface area (Å²) in [4.78, 5) is 15.0. The van der Waals surface area contributed by atoms with Crippen LogP contribution in [-0.4, -0.2) is 51.2 Å². The van der Waals surface area contributed by atoms with Gasteiger partial charge in [0.15, 0.2) is 22.5 Å². The number of aromatic nitrogens is 3. The molecule has 1 aromatic heterocycles. The lowest BCUT2D eigenvalue weighted by Crippen LogP contribution is -2.43. The van der Waals surface area contributed by atoms with Gasteiger partial charge < -0.3 is 14.4 Å². The molecule has 2 aromatic carbocycles. The molecule has 7 nitrogen and oxygen atoms in total. The third kappa shape index (κ3) is 4.85. The number of carbonyl (C=O) groups excluding carboxylic acids is 1. The van der Waals surface area contributed by atoms with Crippen molar-refractivity contribution in [2.45, 2.75) is 32.0 Å². The molecular weight excluding hydrogens is 436 g/mol. The Morgan fingerprint density at radius 3 is 2.58 bits per heavy atom. The second-order valence-electron chi connectivity index (χ2n) is 8.98. The first kappa shape index (κ1) is 21.8. The second-order valence-corrected chi connectivity index (χ2v) is 9.92. The molecule has 1 fully saturated rings. The molecule has 3 aromatic rings. The fourth-order valence-corrected chi connectivity index (χ4v) is 5.49. The zero-order valence-corrected chi connectivity index (χ0v) is 19.8. The van der Waals surface area contributed by atoms with Gasteiger partial charge in [0.2, 0.25) is 12.7 Å². The van der Waals surface area contributed by atoms with Crippen LogP contribution in [0.25, 0.3) is 11.4 Å². The normalized spacial score (nSPS) is 19.6. The summed E-state index contributed by atoms with van der Waals surface area (Å²) in [5.41, 5.74) is 2.05. The quantitative estimate of drug-likeness (QED) is 0.506. The van der Waals surface area contributed by atoms with E-state index >= 15 is 0 Å². The molecule has 0 spiro atoms. The number of piperidine rings is 1. The van der Waals surface area contributed by atoms with Crippen LogP contribution in [0.3, 0.4) is 0 Å². The SMILES string of the molecule is CC1CC(C)CN(C(=O)CSc2nnc(-c3ccccc3)n2Cc2ccc3c(c2)OCO3)C1. The predicted molar refractivity (Wildman–Crippen MR) is 127 cm³/mol. The van der Waals surface area contributed by atoms with Crippen molar-refractivity contribution < 1.29 is 14.3 Å². The van der Waals surface area contributed by atoms with Crippen LogP contribution in [0.15, 0.2) is 53.7 Å². The van der Waals surface area contributed by atoms with Gasteiger partial charge in [-0.05, 0) is 36.0 Å². The van der Waals surface area contributed by atoms with Crippen LogP contribution in [0, 0.1) is 11.8 Å². The van der Waals surface area contributed by atoms with E-state index in [2.05, 4.69) is 28.6 Å². The summed E-state index contributed by atoms with van der Waals surface area (Å²) in [6.07, 6.45) is 1.18. The number of hydrogen-bond donors (Lipinski definition) is 0. The fourth-order valence-electron chi connectivity index (χ4n) is 4.64. The molecule has 2 aliphatic heterocycles. The Labute approximate surface area is 198 Å². The molecule has 1 saturated heterocycles. The Kier molecular flexibility index (Phi) is 6.26. The molecule has 8 heteroatoms. The highest BCUT2D eigenvalue weighted by Gasteiger charge is 2.26. The van der Waals surface area contributed by atoms with Crippen molar-refractivity contribution in [3.63, 3.8) is 0 Å². The molecule has 3 heterocycles. The lowest BCUT2D eigenvalue weighted by Gasteiger charge is -2.35. The largest absolute Gasteiger partial charge is 0.454 e. The van der Waals surface area contributed by atoms with Gasteiger partial charge in [0, 0.05) is 18.7 Å². The zero-order valence-electron chi connectivity index (χ0n) is 18.9. The van der Waals surface area contributed by atoms with Crippen LogP contribution in [0.4, 0.5) is 0 Å². The molecule has 2 atom stereocenters. The van der Waals surface area contributed by atoms with Crippen LogP contribution in [0.5, 0.6) is 11.5 Å². The predicted octanol–water partition coefficient (Wildman–Crippen LogP) is 4.32. The van der Waals surface area contributed by atoms with Crippen LogP contribution in [-0.2, 0) is 11.3 Å². The molecule has 2 unspecified atom stereocenters. The number of ether oxygens (including phenoxy) is 2. The van der Waals surface area contributed by atoms with Gasteiger partial charge in [0.05, 0.1) is 12.3 Å². The maximum Gasteiger partial charge on any atom is 0.233 e. The lowest BCUT2D eigenvalue weighted by atomic mass is 9.92. The van der Waals surface area contributed by atoms with E-state index in [9.17, 15) is 4.79 Å². The smallest absolute Gasteiger partial charge is 0.233 e. The minimum Gasteiger partial charge on any atom is -0.454 e. The fraction of sp³-hybridized carbons (Fsp3) is 0.400. The Morgan fingerprint density at radius 1 is 1.03 bits per heavy atom. The van der Waals surface area contributed by atoms with Crippen LogP contribution < -0.4 is 9.47 Å². The summed E-state index contributed by atoms with van der Waals surface area (Å²) < 4.78 is 13.1.